The van der Waals surface area contributed by atoms with Gasteiger partial charge in [-0.3, -0.25) is 4.79 Å². The highest BCUT2D eigenvalue weighted by molar-refractivity contribution is 5.87. The first-order valence-electron chi connectivity index (χ1n) is 9.19. The number of hydrogen-bond acceptors (Lipinski definition) is 5. The van der Waals surface area contributed by atoms with Crippen LogP contribution in [0.1, 0.15) is 43.1 Å². The number of nitrogens with two attached hydrogens (primary N) is 1. The zero-order valence-corrected chi connectivity index (χ0v) is 16.1. The molecular formula is C22H24N4O2. The molecule has 0 amide bonds. The normalized spacial score (nSPS) is 12.6. The molecule has 0 unspecified atom stereocenters. The highest BCUT2D eigenvalue weighted by atomic mass is 16.5. The Kier molecular flexibility index (Phi) is 5.88. The SMILES string of the molecule is CC(C)(N)C(=O)C[C@H](COCc1ccccc1)c1ncc2ccc(C#N)cn12. The van der Waals surface area contributed by atoms with Gasteiger partial charge in [-0.25, -0.2) is 4.98 Å². The molecule has 0 aliphatic heterocycles. The maximum absolute atomic E-state index is 12.6. The van der Waals surface area contributed by atoms with Crippen molar-refractivity contribution in [2.45, 2.75) is 38.3 Å². The summed E-state index contributed by atoms with van der Waals surface area (Å²) in [6.45, 7) is 4.18. The molecule has 6 nitrogen and oxygen atoms in total. The topological polar surface area (TPSA) is 93.4 Å². The summed E-state index contributed by atoms with van der Waals surface area (Å²) >= 11 is 0. The molecule has 6 heteroatoms. The van der Waals surface area contributed by atoms with Gasteiger partial charge >= 0.3 is 0 Å². The molecular weight excluding hydrogens is 352 g/mol. The van der Waals surface area contributed by atoms with Gasteiger partial charge in [0.15, 0.2) is 5.78 Å². The number of ether oxygens (including phenoxy) is 1. The molecule has 2 aromatic heterocycles. The van der Waals surface area contributed by atoms with Crippen molar-refractivity contribution >= 4 is 11.3 Å². The average molecular weight is 376 g/mol. The van der Waals surface area contributed by atoms with Crippen molar-refractivity contribution in [1.29, 1.82) is 5.26 Å². The summed E-state index contributed by atoms with van der Waals surface area (Å²) in [6.07, 6.45) is 3.69. The summed E-state index contributed by atoms with van der Waals surface area (Å²) in [5, 5.41) is 9.20. The Morgan fingerprint density at radius 3 is 2.71 bits per heavy atom. The van der Waals surface area contributed by atoms with Crippen LogP contribution in [0.2, 0.25) is 0 Å². The van der Waals surface area contributed by atoms with Crippen LogP contribution in [0, 0.1) is 11.3 Å². The van der Waals surface area contributed by atoms with Crippen molar-refractivity contribution in [2.24, 2.45) is 5.73 Å². The zero-order valence-electron chi connectivity index (χ0n) is 16.1. The van der Waals surface area contributed by atoms with Gasteiger partial charge in [0.05, 0.1) is 36.0 Å². The number of carbonyl (C=O) groups excluding carboxylic acids is 1. The van der Waals surface area contributed by atoms with Crippen LogP contribution in [0.4, 0.5) is 0 Å². The predicted octanol–water partition coefficient (Wildman–Crippen LogP) is 3.20. The van der Waals surface area contributed by atoms with Crippen LogP contribution in [-0.2, 0) is 16.1 Å². The van der Waals surface area contributed by atoms with Crippen LogP contribution in [-0.4, -0.2) is 27.3 Å². The van der Waals surface area contributed by atoms with Gasteiger partial charge in [0.1, 0.15) is 11.9 Å². The summed E-state index contributed by atoms with van der Waals surface area (Å²) in [5.74, 6) is 0.363. The molecule has 2 heterocycles. The van der Waals surface area contributed by atoms with Gasteiger partial charge < -0.3 is 14.9 Å². The lowest BCUT2D eigenvalue weighted by atomic mass is 9.91. The number of imidazole rings is 1. The van der Waals surface area contributed by atoms with Crippen LogP contribution >= 0.6 is 0 Å². The van der Waals surface area contributed by atoms with E-state index in [0.717, 1.165) is 11.1 Å². The average Bonchev–Trinajstić information content (AvgIpc) is 3.10. The number of aromatic nitrogens is 2. The molecule has 3 aromatic rings. The molecule has 0 saturated heterocycles. The predicted molar refractivity (Wildman–Crippen MR) is 107 cm³/mol. The van der Waals surface area contributed by atoms with E-state index in [1.165, 1.54) is 0 Å². The second-order valence-corrected chi connectivity index (χ2v) is 7.49. The minimum atomic E-state index is -0.928. The first-order chi connectivity index (χ1) is 13.4. The molecule has 0 saturated carbocycles. The zero-order chi connectivity index (χ0) is 20.1. The van der Waals surface area contributed by atoms with E-state index in [0.29, 0.717) is 24.6 Å². The number of benzene rings is 1. The van der Waals surface area contributed by atoms with Crippen molar-refractivity contribution in [3.63, 3.8) is 0 Å². The van der Waals surface area contributed by atoms with Gasteiger partial charge in [-0.05, 0) is 31.5 Å². The molecule has 144 valence electrons. The molecule has 28 heavy (non-hydrogen) atoms. The molecule has 3 rings (SSSR count). The van der Waals surface area contributed by atoms with E-state index < -0.39 is 5.54 Å². The third kappa shape index (κ3) is 4.63. The molecule has 0 aliphatic carbocycles. The fraction of sp³-hybridized carbons (Fsp3) is 0.318. The Morgan fingerprint density at radius 2 is 2.04 bits per heavy atom. The van der Waals surface area contributed by atoms with E-state index in [1.54, 1.807) is 32.3 Å². The van der Waals surface area contributed by atoms with Crippen LogP contribution in [0.25, 0.3) is 5.52 Å². The second-order valence-electron chi connectivity index (χ2n) is 7.49. The number of ketones is 1. The van der Waals surface area contributed by atoms with Crippen molar-refractivity contribution in [1.82, 2.24) is 9.38 Å². The van der Waals surface area contributed by atoms with Crippen LogP contribution in [0.3, 0.4) is 0 Å². The van der Waals surface area contributed by atoms with Crippen LogP contribution < -0.4 is 5.73 Å². The Balaban J connectivity index is 1.85. The molecule has 2 N–H and O–H groups in total. The third-order valence-electron chi connectivity index (χ3n) is 4.63. The van der Waals surface area contributed by atoms with Gasteiger partial charge in [-0.15, -0.1) is 0 Å². The first-order valence-corrected chi connectivity index (χ1v) is 9.19. The Morgan fingerprint density at radius 1 is 1.29 bits per heavy atom. The lowest BCUT2D eigenvalue weighted by Gasteiger charge is -2.22. The molecule has 0 spiro atoms. The summed E-state index contributed by atoms with van der Waals surface area (Å²) in [4.78, 5) is 17.1. The number of nitriles is 1. The molecule has 0 bridgehead atoms. The fourth-order valence-electron chi connectivity index (χ4n) is 2.98. The Bertz CT molecular complexity index is 997. The summed E-state index contributed by atoms with van der Waals surface area (Å²) in [6, 6.07) is 15.6. The third-order valence-corrected chi connectivity index (χ3v) is 4.63. The van der Waals surface area contributed by atoms with Crippen molar-refractivity contribution in [3.05, 3.63) is 71.8 Å². The largest absolute Gasteiger partial charge is 0.376 e. The Labute approximate surface area is 164 Å². The van der Waals surface area contributed by atoms with Crippen molar-refractivity contribution in [3.8, 4) is 6.07 Å². The second kappa shape index (κ2) is 8.34. The van der Waals surface area contributed by atoms with Gasteiger partial charge in [-0.1, -0.05) is 30.3 Å². The van der Waals surface area contributed by atoms with Gasteiger partial charge in [0.2, 0.25) is 0 Å². The van der Waals surface area contributed by atoms with Gasteiger partial charge in [-0.2, -0.15) is 5.26 Å². The summed E-state index contributed by atoms with van der Waals surface area (Å²) in [7, 11) is 0. The quantitative estimate of drug-likeness (QED) is 0.651. The molecule has 0 fully saturated rings. The fourth-order valence-corrected chi connectivity index (χ4v) is 2.98. The molecule has 0 radical (unpaired) electrons. The number of hydrogen-bond donors (Lipinski definition) is 1. The molecule has 0 aliphatic rings. The van der Waals surface area contributed by atoms with Gasteiger partial charge in [0, 0.05) is 18.5 Å². The minimum absolute atomic E-state index is 0.0611. The molecule has 1 aromatic carbocycles. The van der Waals surface area contributed by atoms with Crippen LogP contribution in [0.5, 0.6) is 0 Å². The number of Topliss-reactive ketones (excluding diaryl/α,β-unsaturated/α-hetero) is 1. The summed E-state index contributed by atoms with van der Waals surface area (Å²) < 4.78 is 7.77. The summed E-state index contributed by atoms with van der Waals surface area (Å²) in [5.41, 5.74) is 7.52. The highest BCUT2D eigenvalue weighted by Gasteiger charge is 2.28. The first kappa shape index (κ1) is 19.7. The molecule has 1 atom stereocenters. The van der Waals surface area contributed by atoms with Crippen molar-refractivity contribution < 1.29 is 9.53 Å². The number of pyridine rings is 1. The lowest BCUT2D eigenvalue weighted by Crippen LogP contribution is -2.42. The van der Waals surface area contributed by atoms with Crippen molar-refractivity contribution in [2.75, 3.05) is 6.61 Å². The van der Waals surface area contributed by atoms with E-state index >= 15 is 0 Å². The number of fused-ring (bicyclic) bond motifs is 1. The van der Waals surface area contributed by atoms with E-state index in [-0.39, 0.29) is 18.1 Å². The number of carbonyl (C=O) groups is 1. The van der Waals surface area contributed by atoms with Crippen LogP contribution in [0.15, 0.2) is 54.9 Å². The van der Waals surface area contributed by atoms with E-state index in [9.17, 15) is 10.1 Å². The smallest absolute Gasteiger partial charge is 0.152 e. The minimum Gasteiger partial charge on any atom is -0.376 e. The van der Waals surface area contributed by atoms with Gasteiger partial charge in [0.25, 0.3) is 0 Å². The standard InChI is InChI=1S/C22H24N4O2/c1-22(2,24)20(27)10-18(15-28-14-16-6-4-3-5-7-16)21-25-12-19-9-8-17(11-23)13-26(19)21/h3-9,12-13,18H,10,14-15,24H2,1-2H3/t18-/m1/s1. The monoisotopic (exact) mass is 376 g/mol. The number of nitrogens with zero attached hydrogens (tertiary/aromatic N) is 3. The number of rotatable bonds is 8. The Hall–Kier alpha value is -3.01. The maximum atomic E-state index is 12.6. The maximum Gasteiger partial charge on any atom is 0.152 e. The highest BCUT2D eigenvalue weighted by Crippen LogP contribution is 2.24. The van der Waals surface area contributed by atoms with E-state index in [1.807, 2.05) is 40.8 Å². The van der Waals surface area contributed by atoms with E-state index in [4.69, 9.17) is 10.5 Å². The lowest BCUT2D eigenvalue weighted by molar-refractivity contribution is -0.123. The van der Waals surface area contributed by atoms with E-state index in [2.05, 4.69) is 11.1 Å².